The lowest BCUT2D eigenvalue weighted by Crippen LogP contribution is -2.50. The molecule has 28 heavy (non-hydrogen) atoms. The Kier molecular flexibility index (Phi) is 4.05. The van der Waals surface area contributed by atoms with Gasteiger partial charge in [0, 0.05) is 42.7 Å². The van der Waals surface area contributed by atoms with Crippen LogP contribution in [0.25, 0.3) is 10.9 Å². The van der Waals surface area contributed by atoms with Crippen molar-refractivity contribution >= 4 is 28.4 Å². The minimum absolute atomic E-state index is 0.0175. The predicted octanol–water partition coefficient (Wildman–Crippen LogP) is 2.60. The van der Waals surface area contributed by atoms with Crippen LogP contribution in [0.15, 0.2) is 36.5 Å². The number of carbonyl (C=O) groups is 1. The molecule has 2 aromatic heterocycles. The molecule has 1 aliphatic carbocycles. The van der Waals surface area contributed by atoms with Crippen LogP contribution >= 0.6 is 0 Å². The maximum absolute atomic E-state index is 13.0. The third kappa shape index (κ3) is 2.74. The van der Waals surface area contributed by atoms with E-state index in [1.165, 1.54) is 22.0 Å². The number of fused-ring (bicyclic) bond motifs is 2. The van der Waals surface area contributed by atoms with Crippen LogP contribution < -0.4 is 10.6 Å². The van der Waals surface area contributed by atoms with E-state index in [1.54, 1.807) is 19.2 Å². The summed E-state index contributed by atoms with van der Waals surface area (Å²) in [6.45, 7) is 0.755. The van der Waals surface area contributed by atoms with E-state index in [1.807, 2.05) is 0 Å². The molecule has 1 saturated heterocycles. The number of likely N-dealkylation sites (tertiary alicyclic amines) is 1. The minimum atomic E-state index is -0.0761. The largest absolute Gasteiger partial charge is 0.372 e. The first-order valence-electron chi connectivity index (χ1n) is 9.75. The van der Waals surface area contributed by atoms with Crippen molar-refractivity contribution in [3.05, 3.63) is 47.7 Å². The molecular weight excluding hydrogens is 352 g/mol. The zero-order chi connectivity index (χ0) is 19.3. The SMILES string of the molecule is CNc1ccc(NC(=O)[C@@H]2C[C@@H]3c4cccc5[nH]cc(c45)C[C@H]3N(C)C2)nn1. The van der Waals surface area contributed by atoms with E-state index >= 15 is 0 Å². The van der Waals surface area contributed by atoms with Crippen molar-refractivity contribution < 1.29 is 4.79 Å². The van der Waals surface area contributed by atoms with Gasteiger partial charge in [0.1, 0.15) is 5.82 Å². The molecule has 3 N–H and O–H groups in total. The highest BCUT2D eigenvalue weighted by Crippen LogP contribution is 2.44. The Hall–Kier alpha value is -2.93. The number of likely N-dealkylation sites (N-methyl/N-ethyl adjacent to an activating group) is 1. The van der Waals surface area contributed by atoms with E-state index in [0.29, 0.717) is 23.6 Å². The maximum atomic E-state index is 13.0. The van der Waals surface area contributed by atoms with E-state index < -0.39 is 0 Å². The molecule has 3 heterocycles. The first kappa shape index (κ1) is 17.2. The van der Waals surface area contributed by atoms with E-state index in [9.17, 15) is 4.79 Å². The van der Waals surface area contributed by atoms with Gasteiger partial charge in [-0.05, 0) is 49.2 Å². The molecule has 0 bridgehead atoms. The normalized spacial score (nSPS) is 24.0. The molecule has 0 radical (unpaired) electrons. The number of carbonyl (C=O) groups excluding carboxylic acids is 1. The number of rotatable bonds is 3. The lowest BCUT2D eigenvalue weighted by atomic mass is 9.72. The van der Waals surface area contributed by atoms with Crippen molar-refractivity contribution in [2.24, 2.45) is 5.92 Å². The molecule has 0 spiro atoms. The second kappa shape index (κ2) is 6.60. The molecule has 1 aromatic carbocycles. The highest BCUT2D eigenvalue weighted by Gasteiger charge is 2.41. The maximum Gasteiger partial charge on any atom is 0.230 e. The van der Waals surface area contributed by atoms with Crippen molar-refractivity contribution in [1.82, 2.24) is 20.1 Å². The summed E-state index contributed by atoms with van der Waals surface area (Å²) in [5, 5.41) is 15.3. The summed E-state index contributed by atoms with van der Waals surface area (Å²) in [5.41, 5.74) is 3.95. The number of nitrogens with zero attached hydrogens (tertiary/aromatic N) is 3. The summed E-state index contributed by atoms with van der Waals surface area (Å²) in [7, 11) is 3.92. The Morgan fingerprint density at radius 2 is 2.04 bits per heavy atom. The molecule has 1 fully saturated rings. The molecule has 7 nitrogen and oxygen atoms in total. The summed E-state index contributed by atoms with van der Waals surface area (Å²) in [5.74, 6) is 1.47. The van der Waals surface area contributed by atoms with E-state index in [4.69, 9.17) is 0 Å². The highest BCUT2D eigenvalue weighted by molar-refractivity contribution is 5.92. The van der Waals surface area contributed by atoms with Gasteiger partial charge in [-0.1, -0.05) is 12.1 Å². The number of aromatic nitrogens is 3. The summed E-state index contributed by atoms with van der Waals surface area (Å²) < 4.78 is 0. The molecule has 144 valence electrons. The fraction of sp³-hybridized carbons (Fsp3) is 0.381. The summed E-state index contributed by atoms with van der Waals surface area (Å²) in [6, 6.07) is 10.5. The van der Waals surface area contributed by atoms with Gasteiger partial charge in [0.15, 0.2) is 5.82 Å². The van der Waals surface area contributed by atoms with Gasteiger partial charge in [-0.2, -0.15) is 0 Å². The van der Waals surface area contributed by atoms with Gasteiger partial charge in [0.25, 0.3) is 0 Å². The summed E-state index contributed by atoms with van der Waals surface area (Å²) >= 11 is 0. The zero-order valence-electron chi connectivity index (χ0n) is 16.1. The number of amides is 1. The molecule has 2 aliphatic rings. The lowest BCUT2D eigenvalue weighted by Gasteiger charge is -2.45. The molecule has 0 unspecified atom stereocenters. The monoisotopic (exact) mass is 376 g/mol. The van der Waals surface area contributed by atoms with Crippen molar-refractivity contribution in [3.8, 4) is 0 Å². The smallest absolute Gasteiger partial charge is 0.230 e. The number of hydrogen-bond acceptors (Lipinski definition) is 5. The predicted molar refractivity (Wildman–Crippen MR) is 109 cm³/mol. The number of H-pyrrole nitrogens is 1. The van der Waals surface area contributed by atoms with Crippen LogP contribution in [0.1, 0.15) is 23.5 Å². The molecule has 3 atom stereocenters. The second-order valence-electron chi connectivity index (χ2n) is 7.88. The van der Waals surface area contributed by atoms with Crippen LogP contribution in [-0.4, -0.2) is 52.7 Å². The van der Waals surface area contributed by atoms with Crippen molar-refractivity contribution in [2.75, 3.05) is 31.3 Å². The van der Waals surface area contributed by atoms with Crippen molar-refractivity contribution in [3.63, 3.8) is 0 Å². The third-order valence-corrected chi connectivity index (χ3v) is 6.27. The van der Waals surface area contributed by atoms with Crippen LogP contribution in [0.3, 0.4) is 0 Å². The standard InChI is InChI=1S/C21H24N6O/c1-22-18-6-7-19(26-25-18)24-21(28)13-8-15-14-4-3-5-16-20(14)12(10-23-16)9-17(15)27(2)11-13/h3-7,10,13,15,17,23H,8-9,11H2,1-2H3,(H,22,25)(H,24,26,28)/t13-,15-,17-/m1/s1. The average molecular weight is 376 g/mol. The number of hydrogen-bond donors (Lipinski definition) is 3. The fourth-order valence-corrected chi connectivity index (χ4v) is 4.89. The Morgan fingerprint density at radius 3 is 2.82 bits per heavy atom. The average Bonchev–Trinajstić information content (AvgIpc) is 3.13. The molecule has 0 saturated carbocycles. The molecular formula is C21H24N6O. The van der Waals surface area contributed by atoms with Crippen LogP contribution in [0, 0.1) is 5.92 Å². The van der Waals surface area contributed by atoms with Crippen molar-refractivity contribution in [2.45, 2.75) is 24.8 Å². The molecule has 3 aromatic rings. The number of nitrogens with one attached hydrogen (secondary N) is 3. The van der Waals surface area contributed by atoms with E-state index in [2.05, 4.69) is 62.2 Å². The van der Waals surface area contributed by atoms with Gasteiger partial charge in [-0.25, -0.2) is 0 Å². The van der Waals surface area contributed by atoms with E-state index in [-0.39, 0.29) is 11.8 Å². The van der Waals surface area contributed by atoms with Gasteiger partial charge in [0.2, 0.25) is 5.91 Å². The minimum Gasteiger partial charge on any atom is -0.372 e. The topological polar surface area (TPSA) is 85.9 Å². The number of anilines is 2. The molecule has 1 aliphatic heterocycles. The van der Waals surface area contributed by atoms with Crippen LogP contribution in [0.5, 0.6) is 0 Å². The fourth-order valence-electron chi connectivity index (χ4n) is 4.89. The number of benzene rings is 1. The Balaban J connectivity index is 1.39. The quantitative estimate of drug-likeness (QED) is 0.654. The first-order chi connectivity index (χ1) is 13.6. The Labute approximate surface area is 163 Å². The third-order valence-electron chi connectivity index (χ3n) is 6.27. The van der Waals surface area contributed by atoms with Gasteiger partial charge in [-0.15, -0.1) is 10.2 Å². The Bertz CT molecular complexity index is 1030. The van der Waals surface area contributed by atoms with Gasteiger partial charge >= 0.3 is 0 Å². The molecule has 1 amide bonds. The lowest BCUT2D eigenvalue weighted by molar-refractivity contribution is -0.122. The zero-order valence-corrected chi connectivity index (χ0v) is 16.1. The summed E-state index contributed by atoms with van der Waals surface area (Å²) in [6.07, 6.45) is 4.03. The van der Waals surface area contributed by atoms with Gasteiger partial charge in [-0.3, -0.25) is 4.79 Å². The molecule has 5 rings (SSSR count). The number of piperidine rings is 1. The number of aromatic amines is 1. The van der Waals surface area contributed by atoms with Crippen LogP contribution in [0.2, 0.25) is 0 Å². The van der Waals surface area contributed by atoms with E-state index in [0.717, 1.165) is 19.4 Å². The van der Waals surface area contributed by atoms with Gasteiger partial charge in [0.05, 0.1) is 5.92 Å². The highest BCUT2D eigenvalue weighted by atomic mass is 16.2. The van der Waals surface area contributed by atoms with Crippen molar-refractivity contribution in [1.29, 1.82) is 0 Å². The second-order valence-corrected chi connectivity index (χ2v) is 7.88. The Morgan fingerprint density at radius 1 is 1.21 bits per heavy atom. The van der Waals surface area contributed by atoms with Crippen LogP contribution in [0.4, 0.5) is 11.6 Å². The molecule has 7 heteroatoms. The summed E-state index contributed by atoms with van der Waals surface area (Å²) in [4.78, 5) is 18.7. The van der Waals surface area contributed by atoms with Crippen LogP contribution in [-0.2, 0) is 11.2 Å². The first-order valence-corrected chi connectivity index (χ1v) is 9.75. The van der Waals surface area contributed by atoms with Gasteiger partial charge < -0.3 is 20.5 Å².